The summed E-state index contributed by atoms with van der Waals surface area (Å²) in [5, 5.41) is 2.96. The number of nitrogens with two attached hydrogens (primary N) is 1. The Morgan fingerprint density at radius 2 is 2.10 bits per heavy atom. The first-order valence-corrected chi connectivity index (χ1v) is 8.34. The highest BCUT2D eigenvalue weighted by molar-refractivity contribution is 7.21. The zero-order valence-corrected chi connectivity index (χ0v) is 12.8. The van der Waals surface area contributed by atoms with Crippen molar-refractivity contribution < 1.29 is 4.79 Å². The number of thiophene rings is 1. The van der Waals surface area contributed by atoms with E-state index in [9.17, 15) is 4.79 Å². The Bertz CT molecular complexity index is 634. The number of nitrogens with zero attached hydrogens (tertiary/aromatic N) is 2. The third kappa shape index (κ3) is 3.15. The molecule has 2 aromatic heterocycles. The summed E-state index contributed by atoms with van der Waals surface area (Å²) in [5.41, 5.74) is 7.06. The molecular weight excluding hydrogens is 284 g/mol. The van der Waals surface area contributed by atoms with E-state index in [1.54, 1.807) is 12.4 Å². The Labute approximate surface area is 128 Å². The van der Waals surface area contributed by atoms with Crippen molar-refractivity contribution in [2.45, 2.75) is 38.5 Å². The number of nitrogens with one attached hydrogen (secondary N) is 1. The average molecular weight is 304 g/mol. The number of carbonyl (C=O) groups is 1. The van der Waals surface area contributed by atoms with Crippen LogP contribution in [0.15, 0.2) is 12.4 Å². The zero-order chi connectivity index (χ0) is 14.7. The molecule has 5 nitrogen and oxygen atoms in total. The fourth-order valence-corrected chi connectivity index (χ4v) is 3.92. The minimum Gasteiger partial charge on any atom is -0.396 e. The quantitative estimate of drug-likeness (QED) is 0.832. The van der Waals surface area contributed by atoms with Crippen LogP contribution in [0.4, 0.5) is 5.69 Å². The third-order valence-corrected chi connectivity index (χ3v) is 5.22. The van der Waals surface area contributed by atoms with E-state index in [1.807, 2.05) is 0 Å². The van der Waals surface area contributed by atoms with Gasteiger partial charge in [0.2, 0.25) is 0 Å². The van der Waals surface area contributed by atoms with Crippen LogP contribution in [-0.2, 0) is 0 Å². The van der Waals surface area contributed by atoms with Crippen LogP contribution in [0.5, 0.6) is 0 Å². The van der Waals surface area contributed by atoms with Crippen molar-refractivity contribution in [2.75, 3.05) is 12.3 Å². The monoisotopic (exact) mass is 304 g/mol. The predicted molar refractivity (Wildman–Crippen MR) is 85.4 cm³/mol. The lowest BCUT2D eigenvalue weighted by molar-refractivity contribution is 0.0957. The number of nitrogen functional groups attached to an aromatic ring is 1. The maximum absolute atomic E-state index is 12.2. The molecule has 0 aliphatic heterocycles. The maximum Gasteiger partial charge on any atom is 0.263 e. The molecule has 1 aliphatic carbocycles. The van der Waals surface area contributed by atoms with E-state index in [-0.39, 0.29) is 5.91 Å². The summed E-state index contributed by atoms with van der Waals surface area (Å²) in [6.07, 6.45) is 10.9. The number of carbonyl (C=O) groups excluding carboxylic acids is 1. The highest BCUT2D eigenvalue weighted by Crippen LogP contribution is 2.30. The lowest BCUT2D eigenvalue weighted by Crippen LogP contribution is -2.24. The van der Waals surface area contributed by atoms with Crippen LogP contribution < -0.4 is 11.1 Å². The van der Waals surface area contributed by atoms with Gasteiger partial charge in [0.25, 0.3) is 5.91 Å². The van der Waals surface area contributed by atoms with Crippen molar-refractivity contribution in [1.29, 1.82) is 0 Å². The standard InChI is InChI=1S/C15H20N4OS/c16-11-12-15(19-9-8-17-12)21-13(11)14(20)18-7-3-6-10-4-1-2-5-10/h8-10H,1-7,16H2,(H,18,20). The molecule has 6 heteroatoms. The molecule has 1 amide bonds. The maximum atomic E-state index is 12.2. The molecule has 0 unspecified atom stereocenters. The third-order valence-electron chi connectivity index (χ3n) is 4.12. The van der Waals surface area contributed by atoms with E-state index in [4.69, 9.17) is 5.73 Å². The second-order valence-corrected chi connectivity index (χ2v) is 6.60. The largest absolute Gasteiger partial charge is 0.396 e. The van der Waals surface area contributed by atoms with Crippen LogP contribution in [-0.4, -0.2) is 22.4 Å². The number of amides is 1. The fourth-order valence-electron chi connectivity index (χ4n) is 2.98. The van der Waals surface area contributed by atoms with Crippen molar-refractivity contribution in [3.05, 3.63) is 17.3 Å². The molecule has 21 heavy (non-hydrogen) atoms. The van der Waals surface area contributed by atoms with Crippen LogP contribution in [0.2, 0.25) is 0 Å². The number of anilines is 1. The highest BCUT2D eigenvalue weighted by Gasteiger charge is 2.18. The molecule has 112 valence electrons. The first-order chi connectivity index (χ1) is 10.3. The van der Waals surface area contributed by atoms with Gasteiger partial charge in [-0.1, -0.05) is 25.7 Å². The minimum absolute atomic E-state index is 0.108. The van der Waals surface area contributed by atoms with E-state index in [2.05, 4.69) is 15.3 Å². The topological polar surface area (TPSA) is 80.9 Å². The van der Waals surface area contributed by atoms with Gasteiger partial charge in [-0.3, -0.25) is 4.79 Å². The van der Waals surface area contributed by atoms with Crippen LogP contribution >= 0.6 is 11.3 Å². The number of fused-ring (bicyclic) bond motifs is 1. The zero-order valence-electron chi connectivity index (χ0n) is 12.0. The second-order valence-electron chi connectivity index (χ2n) is 5.60. The van der Waals surface area contributed by atoms with Gasteiger partial charge in [-0.2, -0.15) is 0 Å². The minimum atomic E-state index is -0.108. The van der Waals surface area contributed by atoms with Gasteiger partial charge in [-0.15, -0.1) is 11.3 Å². The summed E-state index contributed by atoms with van der Waals surface area (Å²) in [6.45, 7) is 0.712. The molecule has 1 fully saturated rings. The highest BCUT2D eigenvalue weighted by atomic mass is 32.1. The van der Waals surface area contributed by atoms with Crippen molar-refractivity contribution in [3.8, 4) is 0 Å². The van der Waals surface area contributed by atoms with Gasteiger partial charge in [0, 0.05) is 18.9 Å². The van der Waals surface area contributed by atoms with Crippen molar-refractivity contribution >= 4 is 33.3 Å². The molecule has 0 radical (unpaired) electrons. The van der Waals surface area contributed by atoms with Crippen LogP contribution in [0.25, 0.3) is 10.3 Å². The molecular formula is C15H20N4OS. The molecule has 3 rings (SSSR count). The molecule has 1 aliphatic rings. The lowest BCUT2D eigenvalue weighted by Gasteiger charge is -2.09. The number of rotatable bonds is 5. The molecule has 0 saturated heterocycles. The lowest BCUT2D eigenvalue weighted by atomic mass is 10.0. The molecule has 0 bridgehead atoms. The Morgan fingerprint density at radius 1 is 1.33 bits per heavy atom. The van der Waals surface area contributed by atoms with Crippen molar-refractivity contribution in [3.63, 3.8) is 0 Å². The predicted octanol–water partition coefficient (Wildman–Crippen LogP) is 2.97. The van der Waals surface area contributed by atoms with Crippen LogP contribution in [0.1, 0.15) is 48.2 Å². The Balaban J connectivity index is 1.55. The number of hydrogen-bond acceptors (Lipinski definition) is 5. The summed E-state index contributed by atoms with van der Waals surface area (Å²) in [7, 11) is 0. The Kier molecular flexibility index (Phi) is 4.34. The summed E-state index contributed by atoms with van der Waals surface area (Å²) in [5.74, 6) is 0.758. The first kappa shape index (κ1) is 14.3. The SMILES string of the molecule is Nc1c(C(=O)NCCCC2CCCC2)sc2nccnc12. The van der Waals surface area contributed by atoms with Gasteiger partial charge in [0.15, 0.2) is 0 Å². The molecule has 0 aromatic carbocycles. The van der Waals surface area contributed by atoms with Gasteiger partial charge in [-0.05, 0) is 18.8 Å². The van der Waals surface area contributed by atoms with E-state index >= 15 is 0 Å². The molecule has 2 heterocycles. The first-order valence-electron chi connectivity index (χ1n) is 7.53. The van der Waals surface area contributed by atoms with E-state index < -0.39 is 0 Å². The van der Waals surface area contributed by atoms with Crippen LogP contribution in [0.3, 0.4) is 0 Å². The van der Waals surface area contributed by atoms with E-state index in [0.29, 0.717) is 27.5 Å². The van der Waals surface area contributed by atoms with Gasteiger partial charge >= 0.3 is 0 Å². The second kappa shape index (κ2) is 6.39. The number of hydrogen-bond donors (Lipinski definition) is 2. The Morgan fingerprint density at radius 3 is 2.86 bits per heavy atom. The summed E-state index contributed by atoms with van der Waals surface area (Å²) in [6, 6.07) is 0. The van der Waals surface area contributed by atoms with Gasteiger partial charge < -0.3 is 11.1 Å². The Hall–Kier alpha value is -1.69. The number of aromatic nitrogens is 2. The molecule has 1 saturated carbocycles. The van der Waals surface area contributed by atoms with Gasteiger partial charge in [0.05, 0.1) is 5.69 Å². The van der Waals surface area contributed by atoms with E-state index in [0.717, 1.165) is 12.3 Å². The summed E-state index contributed by atoms with van der Waals surface area (Å²) in [4.78, 5) is 21.8. The fraction of sp³-hybridized carbons (Fsp3) is 0.533. The van der Waals surface area contributed by atoms with Crippen molar-refractivity contribution in [2.24, 2.45) is 5.92 Å². The van der Waals surface area contributed by atoms with Gasteiger partial charge in [-0.25, -0.2) is 9.97 Å². The average Bonchev–Trinajstić information content (AvgIpc) is 3.12. The molecule has 2 aromatic rings. The molecule has 0 atom stereocenters. The summed E-state index contributed by atoms with van der Waals surface area (Å²) >= 11 is 1.30. The smallest absolute Gasteiger partial charge is 0.263 e. The summed E-state index contributed by atoms with van der Waals surface area (Å²) < 4.78 is 0. The normalized spacial score (nSPS) is 15.6. The van der Waals surface area contributed by atoms with Crippen LogP contribution in [0, 0.1) is 5.92 Å². The molecule has 0 spiro atoms. The van der Waals surface area contributed by atoms with Gasteiger partial charge in [0.1, 0.15) is 15.2 Å². The van der Waals surface area contributed by atoms with Crippen molar-refractivity contribution in [1.82, 2.24) is 15.3 Å². The van der Waals surface area contributed by atoms with E-state index in [1.165, 1.54) is 43.4 Å². The molecule has 3 N–H and O–H groups in total.